The predicted octanol–water partition coefficient (Wildman–Crippen LogP) is 3.62. The number of halogens is 1. The van der Waals surface area contributed by atoms with Crippen molar-refractivity contribution in [3.8, 4) is 0 Å². The van der Waals surface area contributed by atoms with Crippen LogP contribution in [0.15, 0.2) is 18.2 Å². The Morgan fingerprint density at radius 3 is 2.65 bits per heavy atom. The van der Waals surface area contributed by atoms with Gasteiger partial charge in [0.05, 0.1) is 0 Å². The largest absolute Gasteiger partial charge is 0.330 e. The molecule has 0 aliphatic carbocycles. The first-order valence-electron chi connectivity index (χ1n) is 7.32. The van der Waals surface area contributed by atoms with Crippen LogP contribution in [0, 0.1) is 18.7 Å². The van der Waals surface area contributed by atoms with E-state index in [0.717, 1.165) is 31.2 Å². The zero-order valence-electron chi connectivity index (χ0n) is 12.4. The summed E-state index contributed by atoms with van der Waals surface area (Å²) in [5.41, 5.74) is 6.91. The maximum absolute atomic E-state index is 13.2. The molecule has 0 heterocycles. The highest BCUT2D eigenvalue weighted by molar-refractivity contribution is 5.90. The van der Waals surface area contributed by atoms with Gasteiger partial charge in [0.2, 0.25) is 5.91 Å². The second kappa shape index (κ2) is 8.69. The minimum absolute atomic E-state index is 0.0619. The number of amides is 1. The average Bonchev–Trinajstić information content (AvgIpc) is 2.35. The number of hydrogen-bond donors (Lipinski definition) is 2. The molecule has 20 heavy (non-hydrogen) atoms. The lowest BCUT2D eigenvalue weighted by Gasteiger charge is -2.14. The fourth-order valence-corrected chi connectivity index (χ4v) is 2.44. The van der Waals surface area contributed by atoms with Crippen LogP contribution < -0.4 is 11.1 Å². The van der Waals surface area contributed by atoms with E-state index in [2.05, 4.69) is 12.2 Å². The molecule has 112 valence electrons. The van der Waals surface area contributed by atoms with E-state index >= 15 is 0 Å². The summed E-state index contributed by atoms with van der Waals surface area (Å²) in [6.45, 7) is 4.60. The molecule has 4 heteroatoms. The fourth-order valence-electron chi connectivity index (χ4n) is 2.44. The summed E-state index contributed by atoms with van der Waals surface area (Å²) in [6.07, 6.45) is 4.46. The third kappa shape index (κ3) is 6.15. The molecule has 0 fully saturated rings. The van der Waals surface area contributed by atoms with Crippen molar-refractivity contribution in [1.29, 1.82) is 0 Å². The molecule has 0 aliphatic rings. The van der Waals surface area contributed by atoms with Gasteiger partial charge in [0.1, 0.15) is 5.82 Å². The molecule has 3 nitrogen and oxygen atoms in total. The van der Waals surface area contributed by atoms with Crippen molar-refractivity contribution in [2.45, 2.75) is 46.0 Å². The van der Waals surface area contributed by atoms with Gasteiger partial charge in [-0.1, -0.05) is 19.8 Å². The van der Waals surface area contributed by atoms with E-state index in [0.29, 0.717) is 24.6 Å². The van der Waals surface area contributed by atoms with Crippen LogP contribution in [0.1, 0.15) is 44.6 Å². The lowest BCUT2D eigenvalue weighted by Crippen LogP contribution is -2.15. The number of carbonyl (C=O) groups excluding carboxylic acids is 1. The molecule has 0 saturated carbocycles. The van der Waals surface area contributed by atoms with Crippen LogP contribution in [0.25, 0.3) is 0 Å². The number of carbonyl (C=O) groups is 1. The van der Waals surface area contributed by atoms with Gasteiger partial charge >= 0.3 is 0 Å². The maximum Gasteiger partial charge on any atom is 0.224 e. The monoisotopic (exact) mass is 280 g/mol. The molecule has 0 saturated heterocycles. The number of hydrogen-bond acceptors (Lipinski definition) is 2. The van der Waals surface area contributed by atoms with Gasteiger partial charge in [0.25, 0.3) is 0 Å². The van der Waals surface area contributed by atoms with E-state index < -0.39 is 0 Å². The molecule has 0 spiro atoms. The molecule has 0 aliphatic heterocycles. The van der Waals surface area contributed by atoms with Crippen LogP contribution in [-0.2, 0) is 4.79 Å². The summed E-state index contributed by atoms with van der Waals surface area (Å²) in [6, 6.07) is 4.55. The fraction of sp³-hybridized carbons (Fsp3) is 0.562. The Labute approximate surface area is 120 Å². The third-order valence-electron chi connectivity index (χ3n) is 3.38. The van der Waals surface area contributed by atoms with E-state index in [-0.39, 0.29) is 11.7 Å². The molecule has 1 amide bonds. The van der Waals surface area contributed by atoms with E-state index in [4.69, 9.17) is 5.73 Å². The summed E-state index contributed by atoms with van der Waals surface area (Å²) in [4.78, 5) is 11.9. The van der Waals surface area contributed by atoms with Crippen molar-refractivity contribution in [2.75, 3.05) is 11.9 Å². The van der Waals surface area contributed by atoms with Crippen molar-refractivity contribution in [1.82, 2.24) is 0 Å². The molecular formula is C16H25FN2O. The molecule has 0 radical (unpaired) electrons. The second-order valence-corrected chi connectivity index (χ2v) is 5.34. The molecule has 3 N–H and O–H groups in total. The SMILES string of the molecule is CCCC(CCN)CCC(=O)Nc1cc(C)cc(F)c1. The van der Waals surface area contributed by atoms with Gasteiger partial charge in [-0.2, -0.15) is 0 Å². The Morgan fingerprint density at radius 1 is 1.30 bits per heavy atom. The minimum atomic E-state index is -0.327. The molecule has 1 aromatic carbocycles. The number of aryl methyl sites for hydroxylation is 1. The van der Waals surface area contributed by atoms with E-state index in [1.54, 1.807) is 13.0 Å². The summed E-state index contributed by atoms with van der Waals surface area (Å²) in [5.74, 6) is 0.116. The summed E-state index contributed by atoms with van der Waals surface area (Å²) >= 11 is 0. The van der Waals surface area contributed by atoms with Crippen molar-refractivity contribution in [3.05, 3.63) is 29.6 Å². The van der Waals surface area contributed by atoms with Gasteiger partial charge in [-0.3, -0.25) is 4.79 Å². The van der Waals surface area contributed by atoms with Crippen molar-refractivity contribution in [2.24, 2.45) is 11.7 Å². The van der Waals surface area contributed by atoms with Crippen LogP contribution in [-0.4, -0.2) is 12.5 Å². The zero-order chi connectivity index (χ0) is 15.0. The first kappa shape index (κ1) is 16.6. The van der Waals surface area contributed by atoms with Crippen molar-refractivity contribution >= 4 is 11.6 Å². The number of benzene rings is 1. The Morgan fingerprint density at radius 2 is 2.05 bits per heavy atom. The summed E-state index contributed by atoms with van der Waals surface area (Å²) < 4.78 is 13.2. The van der Waals surface area contributed by atoms with Crippen LogP contribution in [0.4, 0.5) is 10.1 Å². The number of nitrogens with two attached hydrogens (primary N) is 1. The Bertz CT molecular complexity index is 408. The van der Waals surface area contributed by atoms with Gasteiger partial charge in [-0.25, -0.2) is 4.39 Å². The topological polar surface area (TPSA) is 55.1 Å². The van der Waals surface area contributed by atoms with Crippen LogP contribution in [0.2, 0.25) is 0 Å². The number of rotatable bonds is 8. The number of anilines is 1. The quantitative estimate of drug-likeness (QED) is 0.764. The maximum atomic E-state index is 13.2. The van der Waals surface area contributed by atoms with Gasteiger partial charge in [0, 0.05) is 12.1 Å². The van der Waals surface area contributed by atoms with Crippen LogP contribution in [0.3, 0.4) is 0 Å². The number of nitrogens with one attached hydrogen (secondary N) is 1. The molecule has 1 aromatic rings. The molecular weight excluding hydrogens is 255 g/mol. The van der Waals surface area contributed by atoms with Crippen LogP contribution in [0.5, 0.6) is 0 Å². The molecule has 0 bridgehead atoms. The summed E-state index contributed by atoms with van der Waals surface area (Å²) in [7, 11) is 0. The normalized spacial score (nSPS) is 12.2. The Kier molecular flexibility index (Phi) is 7.23. The highest BCUT2D eigenvalue weighted by Gasteiger charge is 2.10. The zero-order valence-corrected chi connectivity index (χ0v) is 12.4. The van der Waals surface area contributed by atoms with Crippen LogP contribution >= 0.6 is 0 Å². The van der Waals surface area contributed by atoms with E-state index in [9.17, 15) is 9.18 Å². The third-order valence-corrected chi connectivity index (χ3v) is 3.38. The highest BCUT2D eigenvalue weighted by Crippen LogP contribution is 2.18. The van der Waals surface area contributed by atoms with Gasteiger partial charge in [0.15, 0.2) is 0 Å². The predicted molar refractivity (Wildman–Crippen MR) is 81.1 cm³/mol. The van der Waals surface area contributed by atoms with Gasteiger partial charge < -0.3 is 11.1 Å². The lowest BCUT2D eigenvalue weighted by molar-refractivity contribution is -0.116. The van der Waals surface area contributed by atoms with E-state index in [1.807, 2.05) is 0 Å². The summed E-state index contributed by atoms with van der Waals surface area (Å²) in [5, 5.41) is 2.75. The standard InChI is InChI=1S/C16H25FN2O/c1-3-4-13(7-8-18)5-6-16(20)19-15-10-12(2)9-14(17)11-15/h9-11,13H,3-8,18H2,1-2H3,(H,19,20). The highest BCUT2D eigenvalue weighted by atomic mass is 19.1. The average molecular weight is 280 g/mol. The Balaban J connectivity index is 2.46. The van der Waals surface area contributed by atoms with E-state index in [1.165, 1.54) is 12.1 Å². The Hall–Kier alpha value is -1.42. The first-order chi connectivity index (χ1) is 9.55. The molecule has 0 aromatic heterocycles. The van der Waals surface area contributed by atoms with Gasteiger partial charge in [-0.05, 0) is 56.0 Å². The molecule has 1 unspecified atom stereocenters. The van der Waals surface area contributed by atoms with Crippen molar-refractivity contribution in [3.63, 3.8) is 0 Å². The second-order valence-electron chi connectivity index (χ2n) is 5.34. The van der Waals surface area contributed by atoms with Crippen molar-refractivity contribution < 1.29 is 9.18 Å². The smallest absolute Gasteiger partial charge is 0.224 e. The minimum Gasteiger partial charge on any atom is -0.330 e. The van der Waals surface area contributed by atoms with Gasteiger partial charge in [-0.15, -0.1) is 0 Å². The first-order valence-corrected chi connectivity index (χ1v) is 7.32. The molecule has 1 atom stereocenters. The molecule has 1 rings (SSSR count). The lowest BCUT2D eigenvalue weighted by atomic mass is 9.94.